The molecule has 1 heterocycles. The van der Waals surface area contributed by atoms with Gasteiger partial charge in [0.15, 0.2) is 0 Å². The maximum atomic E-state index is 14.2. The van der Waals surface area contributed by atoms with E-state index < -0.39 is 0 Å². The third kappa shape index (κ3) is 4.17. The van der Waals surface area contributed by atoms with Crippen molar-refractivity contribution in [3.8, 4) is 11.6 Å². The van der Waals surface area contributed by atoms with Crippen molar-refractivity contribution in [1.82, 2.24) is 10.2 Å². The number of aromatic amines is 1. The number of amides is 1. The highest BCUT2D eigenvalue weighted by Gasteiger charge is 2.51. The van der Waals surface area contributed by atoms with Gasteiger partial charge in [-0.1, -0.05) is 12.1 Å². The molecule has 7 rings (SSSR count). The summed E-state index contributed by atoms with van der Waals surface area (Å²) in [7, 11) is 1.64. The number of nitrogens with one attached hydrogen (secondary N) is 1. The minimum atomic E-state index is -0.294. The molecular formula is C28H30FN3O3. The van der Waals surface area contributed by atoms with E-state index in [0.717, 1.165) is 28.8 Å². The maximum absolute atomic E-state index is 14.2. The molecule has 4 fully saturated rings. The molecule has 4 bridgehead atoms. The molecule has 7 heteroatoms. The summed E-state index contributed by atoms with van der Waals surface area (Å²) < 4.78 is 24.6. The number of carbonyl (C=O) groups is 1. The number of nitrogens with zero attached hydrogens (tertiary/aromatic N) is 2. The fraction of sp³-hybridized carbons (Fsp3) is 0.429. The van der Waals surface area contributed by atoms with Gasteiger partial charge in [0.05, 0.1) is 13.3 Å². The highest BCUT2D eigenvalue weighted by molar-refractivity contribution is 6.08. The molecule has 4 aliphatic carbocycles. The highest BCUT2D eigenvalue weighted by atomic mass is 19.1. The summed E-state index contributed by atoms with van der Waals surface area (Å²) in [6.45, 7) is 0.212. The van der Waals surface area contributed by atoms with Crippen LogP contribution in [0.1, 0.15) is 48.0 Å². The van der Waals surface area contributed by atoms with E-state index in [1.54, 1.807) is 25.4 Å². The summed E-state index contributed by atoms with van der Waals surface area (Å²) in [5, 5.41) is 6.98. The van der Waals surface area contributed by atoms with Crippen LogP contribution in [0.2, 0.25) is 0 Å². The number of anilines is 1. The molecule has 0 unspecified atom stereocenters. The van der Waals surface area contributed by atoms with E-state index >= 15 is 0 Å². The minimum Gasteiger partial charge on any atom is -0.497 e. The summed E-state index contributed by atoms with van der Waals surface area (Å²) in [6, 6.07) is 14.1. The number of methoxy groups -OCH3 is 1. The molecule has 0 spiro atoms. The van der Waals surface area contributed by atoms with Gasteiger partial charge in [0.1, 0.15) is 23.7 Å². The van der Waals surface area contributed by atoms with Crippen LogP contribution < -0.4 is 14.4 Å². The van der Waals surface area contributed by atoms with Gasteiger partial charge < -0.3 is 14.4 Å². The summed E-state index contributed by atoms with van der Waals surface area (Å²) >= 11 is 0. The number of hydrogen-bond acceptors (Lipinski definition) is 4. The number of aromatic nitrogens is 2. The Hall–Kier alpha value is -3.35. The Morgan fingerprint density at radius 3 is 2.29 bits per heavy atom. The lowest BCUT2D eigenvalue weighted by Crippen LogP contribution is -2.57. The number of benzene rings is 2. The van der Waals surface area contributed by atoms with Gasteiger partial charge in [0.2, 0.25) is 5.88 Å². The fourth-order valence-electron chi connectivity index (χ4n) is 6.89. The number of rotatable bonds is 7. The third-order valence-corrected chi connectivity index (χ3v) is 8.18. The van der Waals surface area contributed by atoms with Crippen molar-refractivity contribution in [3.63, 3.8) is 0 Å². The number of ether oxygens (including phenoxy) is 2. The second-order valence-electron chi connectivity index (χ2n) is 10.3. The van der Waals surface area contributed by atoms with E-state index in [4.69, 9.17) is 9.47 Å². The SMILES string of the molecule is COc1ccc(N(C(=O)c2cn[nH]c2OCc2ccc(F)cc2)C2C3CC4CC(C3)CC2C4)cc1. The van der Waals surface area contributed by atoms with E-state index in [9.17, 15) is 9.18 Å². The largest absolute Gasteiger partial charge is 0.497 e. The van der Waals surface area contributed by atoms with Gasteiger partial charge in [-0.15, -0.1) is 0 Å². The van der Waals surface area contributed by atoms with Gasteiger partial charge in [0, 0.05) is 11.7 Å². The Morgan fingerprint density at radius 1 is 1.00 bits per heavy atom. The van der Waals surface area contributed by atoms with Crippen molar-refractivity contribution in [2.45, 2.75) is 44.8 Å². The monoisotopic (exact) mass is 475 g/mol. The lowest BCUT2D eigenvalue weighted by molar-refractivity contribution is -0.00228. The number of carbonyl (C=O) groups excluding carboxylic acids is 1. The Kier molecular flexibility index (Phi) is 5.71. The van der Waals surface area contributed by atoms with Gasteiger partial charge >= 0.3 is 0 Å². The number of hydrogen-bond donors (Lipinski definition) is 1. The van der Waals surface area contributed by atoms with Gasteiger partial charge in [-0.3, -0.25) is 4.79 Å². The van der Waals surface area contributed by atoms with Crippen molar-refractivity contribution in [2.24, 2.45) is 23.7 Å². The van der Waals surface area contributed by atoms with E-state index in [1.165, 1.54) is 44.2 Å². The first-order chi connectivity index (χ1) is 17.1. The summed E-state index contributed by atoms with van der Waals surface area (Å²) in [5.41, 5.74) is 2.10. The smallest absolute Gasteiger partial charge is 0.265 e. The predicted octanol–water partition coefficient (Wildman–Crippen LogP) is 5.61. The van der Waals surface area contributed by atoms with Crippen LogP contribution >= 0.6 is 0 Å². The molecule has 182 valence electrons. The van der Waals surface area contributed by atoms with Gasteiger partial charge in [0.25, 0.3) is 5.91 Å². The predicted molar refractivity (Wildman–Crippen MR) is 130 cm³/mol. The molecule has 2 aromatic carbocycles. The van der Waals surface area contributed by atoms with Crippen LogP contribution in [0, 0.1) is 29.5 Å². The molecule has 0 saturated heterocycles. The average molecular weight is 476 g/mol. The van der Waals surface area contributed by atoms with Crippen LogP contribution in [-0.2, 0) is 6.61 Å². The molecule has 0 radical (unpaired) electrons. The van der Waals surface area contributed by atoms with Crippen LogP contribution in [0.5, 0.6) is 11.6 Å². The molecular weight excluding hydrogens is 445 g/mol. The maximum Gasteiger partial charge on any atom is 0.265 e. The van der Waals surface area contributed by atoms with Crippen molar-refractivity contribution < 1.29 is 18.7 Å². The molecule has 1 N–H and O–H groups in total. The summed E-state index contributed by atoms with van der Waals surface area (Å²) in [4.78, 5) is 16.2. The lowest BCUT2D eigenvalue weighted by atomic mass is 9.53. The second kappa shape index (κ2) is 9.02. The van der Waals surface area contributed by atoms with E-state index in [-0.39, 0.29) is 24.4 Å². The highest BCUT2D eigenvalue weighted by Crippen LogP contribution is 2.56. The van der Waals surface area contributed by atoms with E-state index in [1.807, 2.05) is 29.2 Å². The third-order valence-electron chi connectivity index (χ3n) is 8.18. The first-order valence-corrected chi connectivity index (χ1v) is 12.5. The summed E-state index contributed by atoms with van der Waals surface area (Å²) in [6.07, 6.45) is 7.73. The molecule has 35 heavy (non-hydrogen) atoms. The Balaban J connectivity index is 1.31. The van der Waals surface area contributed by atoms with Gasteiger partial charge in [-0.05, 0) is 97.7 Å². The quantitative estimate of drug-likeness (QED) is 0.483. The minimum absolute atomic E-state index is 0.101. The Morgan fingerprint density at radius 2 is 1.66 bits per heavy atom. The zero-order valence-corrected chi connectivity index (χ0v) is 19.8. The molecule has 0 atom stereocenters. The van der Waals surface area contributed by atoms with Gasteiger partial charge in [-0.2, -0.15) is 5.10 Å². The Labute approximate surface area is 204 Å². The van der Waals surface area contributed by atoms with Crippen LogP contribution in [0.4, 0.5) is 10.1 Å². The zero-order chi connectivity index (χ0) is 23.9. The molecule has 0 aliphatic heterocycles. The first-order valence-electron chi connectivity index (χ1n) is 12.5. The van der Waals surface area contributed by atoms with Crippen LogP contribution in [0.15, 0.2) is 54.7 Å². The first kappa shape index (κ1) is 22.1. The van der Waals surface area contributed by atoms with Crippen molar-refractivity contribution >= 4 is 11.6 Å². The molecule has 1 aromatic heterocycles. The Bertz CT molecular complexity index is 1160. The summed E-state index contributed by atoms with van der Waals surface area (Å²) in [5.74, 6) is 3.36. The van der Waals surface area contributed by atoms with Crippen molar-refractivity contribution in [3.05, 3.63) is 71.7 Å². The number of halogens is 1. The molecule has 3 aromatic rings. The van der Waals surface area contributed by atoms with Crippen LogP contribution in [-0.4, -0.2) is 29.3 Å². The van der Waals surface area contributed by atoms with Crippen molar-refractivity contribution in [1.29, 1.82) is 0 Å². The molecule has 4 aliphatic rings. The van der Waals surface area contributed by atoms with Crippen molar-refractivity contribution in [2.75, 3.05) is 12.0 Å². The zero-order valence-electron chi connectivity index (χ0n) is 19.8. The topological polar surface area (TPSA) is 67.5 Å². The van der Waals surface area contributed by atoms with Gasteiger partial charge in [-0.25, -0.2) is 9.49 Å². The van der Waals surface area contributed by atoms with Crippen LogP contribution in [0.3, 0.4) is 0 Å². The standard InChI is InChI=1S/C28H30FN3O3/c1-34-24-8-6-23(7-9-24)32(26-20-11-18-10-19(13-20)14-21(26)12-18)28(33)25-15-30-31-27(25)35-16-17-2-4-22(29)5-3-17/h2-9,15,18-21,26H,10-14,16H2,1H3,(H,30,31). The van der Waals surface area contributed by atoms with Crippen LogP contribution in [0.25, 0.3) is 0 Å². The van der Waals surface area contributed by atoms with E-state index in [2.05, 4.69) is 10.2 Å². The lowest BCUT2D eigenvalue weighted by Gasteiger charge is -2.57. The van der Waals surface area contributed by atoms with E-state index in [0.29, 0.717) is 23.3 Å². The normalized spacial score (nSPS) is 26.5. The average Bonchev–Trinajstić information content (AvgIpc) is 3.34. The molecule has 1 amide bonds. The fourth-order valence-corrected chi connectivity index (χ4v) is 6.89. The molecule has 4 saturated carbocycles. The molecule has 6 nitrogen and oxygen atoms in total. The second-order valence-corrected chi connectivity index (χ2v) is 10.3. The number of H-pyrrole nitrogens is 1.